The van der Waals surface area contributed by atoms with E-state index in [0.29, 0.717) is 0 Å². The number of aliphatic hydroxyl groups is 5. The van der Waals surface area contributed by atoms with Gasteiger partial charge in [0.15, 0.2) is 0 Å². The minimum atomic E-state index is -2.71. The monoisotopic (exact) mass is 210 g/mol. The Bertz CT molecular complexity index is 194. The molecule has 0 bridgehead atoms. The Kier molecular flexibility index (Phi) is 5.13. The topological polar surface area (TPSA) is 127 Å². The van der Waals surface area contributed by atoms with E-state index in [9.17, 15) is 15.0 Å². The van der Waals surface area contributed by atoms with Crippen LogP contribution in [0, 0.1) is 0 Å². The average Bonchev–Trinajstić information content (AvgIpc) is 2.24. The van der Waals surface area contributed by atoms with E-state index in [0.717, 1.165) is 7.11 Å². The minimum absolute atomic E-state index is 0.856. The Balaban J connectivity index is 4.75. The highest BCUT2D eigenvalue weighted by Gasteiger charge is 2.46. The standard InChI is InChI=1S/C7H14O7/c1-14-7(13,5(11)3-9)6(12)4(10)2-8/h4,6,8-10,12-13H,2-3H2,1H3/t4-,6-,7+/m1/s1. The van der Waals surface area contributed by atoms with Gasteiger partial charge in [0, 0.05) is 7.11 Å². The lowest BCUT2D eigenvalue weighted by atomic mass is 10.0. The lowest BCUT2D eigenvalue weighted by molar-refractivity contribution is -0.252. The first-order chi connectivity index (χ1) is 6.43. The van der Waals surface area contributed by atoms with Crippen LogP contribution in [0.4, 0.5) is 0 Å². The molecule has 0 amide bonds. The van der Waals surface area contributed by atoms with E-state index >= 15 is 0 Å². The molecule has 0 radical (unpaired) electrons. The summed E-state index contributed by atoms with van der Waals surface area (Å²) in [6.45, 7) is -1.91. The Morgan fingerprint density at radius 3 is 2.21 bits per heavy atom. The summed E-state index contributed by atoms with van der Waals surface area (Å²) in [5, 5.41) is 44.5. The van der Waals surface area contributed by atoms with Crippen molar-refractivity contribution in [1.82, 2.24) is 0 Å². The Morgan fingerprint density at radius 2 is 1.93 bits per heavy atom. The van der Waals surface area contributed by atoms with Crippen molar-refractivity contribution in [1.29, 1.82) is 0 Å². The quantitative estimate of drug-likeness (QED) is 0.289. The number of rotatable bonds is 6. The fraction of sp³-hybridized carbons (Fsp3) is 0.857. The van der Waals surface area contributed by atoms with E-state index in [-0.39, 0.29) is 0 Å². The van der Waals surface area contributed by atoms with Crippen LogP contribution in [-0.2, 0) is 9.53 Å². The molecule has 14 heavy (non-hydrogen) atoms. The molecule has 0 saturated heterocycles. The van der Waals surface area contributed by atoms with Crippen molar-refractivity contribution in [2.45, 2.75) is 18.0 Å². The number of ether oxygens (including phenoxy) is 1. The molecule has 84 valence electrons. The zero-order chi connectivity index (χ0) is 11.4. The number of methoxy groups -OCH3 is 1. The molecule has 0 aliphatic carbocycles. The molecule has 0 heterocycles. The van der Waals surface area contributed by atoms with E-state index in [1.165, 1.54) is 0 Å². The molecule has 0 spiro atoms. The lowest BCUT2D eigenvalue weighted by Gasteiger charge is -2.31. The number of carbonyl (C=O) groups excluding carboxylic acids is 1. The van der Waals surface area contributed by atoms with E-state index in [1.807, 2.05) is 0 Å². The van der Waals surface area contributed by atoms with Gasteiger partial charge in [0.1, 0.15) is 18.8 Å². The summed E-state index contributed by atoms with van der Waals surface area (Å²) < 4.78 is 4.30. The molecule has 0 aromatic carbocycles. The number of carbonyl (C=O) groups is 1. The predicted octanol–water partition coefficient (Wildman–Crippen LogP) is -3.40. The van der Waals surface area contributed by atoms with E-state index < -0.39 is 37.0 Å². The van der Waals surface area contributed by atoms with Crippen LogP contribution in [0.2, 0.25) is 0 Å². The highest BCUT2D eigenvalue weighted by Crippen LogP contribution is 2.16. The van der Waals surface area contributed by atoms with Crippen molar-refractivity contribution in [3.05, 3.63) is 0 Å². The molecule has 0 aliphatic heterocycles. The summed E-state index contributed by atoms with van der Waals surface area (Å²) in [6, 6.07) is 0. The third-order valence-corrected chi connectivity index (χ3v) is 1.81. The molecular formula is C7H14O7. The van der Waals surface area contributed by atoms with Crippen LogP contribution in [-0.4, -0.2) is 69.6 Å². The molecule has 0 aromatic rings. The van der Waals surface area contributed by atoms with Crippen molar-refractivity contribution in [3.8, 4) is 0 Å². The van der Waals surface area contributed by atoms with Gasteiger partial charge >= 0.3 is 0 Å². The first-order valence-corrected chi connectivity index (χ1v) is 3.82. The molecule has 7 heteroatoms. The van der Waals surface area contributed by atoms with Gasteiger partial charge in [0.05, 0.1) is 6.61 Å². The molecule has 0 rings (SSSR count). The second-order valence-electron chi connectivity index (χ2n) is 2.68. The van der Waals surface area contributed by atoms with Gasteiger partial charge in [0.25, 0.3) is 5.79 Å². The fourth-order valence-corrected chi connectivity index (χ4v) is 0.873. The van der Waals surface area contributed by atoms with Gasteiger partial charge in [0.2, 0.25) is 5.78 Å². The van der Waals surface area contributed by atoms with Crippen molar-refractivity contribution >= 4 is 5.78 Å². The van der Waals surface area contributed by atoms with Gasteiger partial charge in [-0.25, -0.2) is 0 Å². The number of Topliss-reactive ketones (excluding diaryl/α,β-unsaturated/α-hetero) is 1. The summed E-state index contributed by atoms with van der Waals surface area (Å²) in [7, 11) is 0.918. The summed E-state index contributed by atoms with van der Waals surface area (Å²) in [4.78, 5) is 10.9. The summed E-state index contributed by atoms with van der Waals surface area (Å²) in [5.41, 5.74) is 0. The smallest absolute Gasteiger partial charge is 0.258 e. The van der Waals surface area contributed by atoms with Gasteiger partial charge in [-0.05, 0) is 0 Å². The summed E-state index contributed by atoms with van der Waals surface area (Å²) >= 11 is 0. The van der Waals surface area contributed by atoms with Gasteiger partial charge in [-0.15, -0.1) is 0 Å². The summed E-state index contributed by atoms with van der Waals surface area (Å²) in [6.07, 6.45) is -3.77. The maximum Gasteiger partial charge on any atom is 0.258 e. The Morgan fingerprint density at radius 1 is 1.43 bits per heavy atom. The van der Waals surface area contributed by atoms with Gasteiger partial charge in [-0.1, -0.05) is 0 Å². The van der Waals surface area contributed by atoms with E-state index in [4.69, 9.17) is 15.3 Å². The molecule has 3 atom stereocenters. The zero-order valence-corrected chi connectivity index (χ0v) is 7.62. The first kappa shape index (κ1) is 13.4. The maximum absolute atomic E-state index is 10.9. The minimum Gasteiger partial charge on any atom is -0.394 e. The third kappa shape index (κ3) is 2.47. The van der Waals surface area contributed by atoms with Gasteiger partial charge < -0.3 is 30.3 Å². The fourth-order valence-electron chi connectivity index (χ4n) is 0.873. The maximum atomic E-state index is 10.9. The molecule has 0 aliphatic rings. The highest BCUT2D eigenvalue weighted by atomic mass is 16.6. The molecular weight excluding hydrogens is 196 g/mol. The van der Waals surface area contributed by atoms with Gasteiger partial charge in [-0.3, -0.25) is 4.79 Å². The zero-order valence-electron chi connectivity index (χ0n) is 7.62. The lowest BCUT2D eigenvalue weighted by Crippen LogP contribution is -2.57. The van der Waals surface area contributed by atoms with Crippen LogP contribution in [0.25, 0.3) is 0 Å². The number of hydrogen-bond donors (Lipinski definition) is 5. The SMILES string of the molecule is CO[C@@](O)(C(=O)CO)[C@H](O)[C@H](O)CO. The third-order valence-electron chi connectivity index (χ3n) is 1.81. The second kappa shape index (κ2) is 5.35. The van der Waals surface area contributed by atoms with Crippen LogP contribution >= 0.6 is 0 Å². The van der Waals surface area contributed by atoms with Crippen molar-refractivity contribution < 1.29 is 35.1 Å². The van der Waals surface area contributed by atoms with Crippen molar-refractivity contribution in [2.75, 3.05) is 20.3 Å². The van der Waals surface area contributed by atoms with Crippen molar-refractivity contribution in [3.63, 3.8) is 0 Å². The van der Waals surface area contributed by atoms with E-state index in [2.05, 4.69) is 4.74 Å². The summed E-state index contributed by atoms with van der Waals surface area (Å²) in [5.74, 6) is -3.92. The second-order valence-corrected chi connectivity index (χ2v) is 2.68. The van der Waals surface area contributed by atoms with Gasteiger partial charge in [-0.2, -0.15) is 0 Å². The largest absolute Gasteiger partial charge is 0.394 e. The Hall–Kier alpha value is -0.570. The Labute approximate surface area is 80.2 Å². The van der Waals surface area contributed by atoms with Crippen LogP contribution in [0.1, 0.15) is 0 Å². The number of aliphatic hydroxyl groups excluding tert-OH is 4. The normalized spacial score (nSPS) is 19.9. The molecule has 7 nitrogen and oxygen atoms in total. The first-order valence-electron chi connectivity index (χ1n) is 3.82. The molecule has 0 aromatic heterocycles. The van der Waals surface area contributed by atoms with Crippen LogP contribution in [0.3, 0.4) is 0 Å². The molecule has 0 saturated carbocycles. The van der Waals surface area contributed by atoms with Crippen LogP contribution < -0.4 is 0 Å². The molecule has 5 N–H and O–H groups in total. The highest BCUT2D eigenvalue weighted by molar-refractivity contribution is 5.87. The van der Waals surface area contributed by atoms with Crippen molar-refractivity contribution in [2.24, 2.45) is 0 Å². The number of hydrogen-bond acceptors (Lipinski definition) is 7. The molecule has 0 unspecified atom stereocenters. The average molecular weight is 210 g/mol. The number of ketones is 1. The molecule has 0 fully saturated rings. The van der Waals surface area contributed by atoms with E-state index in [1.54, 1.807) is 0 Å². The van der Waals surface area contributed by atoms with Crippen LogP contribution in [0.5, 0.6) is 0 Å². The van der Waals surface area contributed by atoms with Crippen LogP contribution in [0.15, 0.2) is 0 Å². The predicted molar refractivity (Wildman–Crippen MR) is 43.2 cm³/mol.